The highest BCUT2D eigenvalue weighted by Gasteiger charge is 2.23. The quantitative estimate of drug-likeness (QED) is 0.848. The molecule has 1 aliphatic heterocycles. The number of ketones is 1. The van der Waals surface area contributed by atoms with Crippen molar-refractivity contribution >= 4 is 17.4 Å². The number of rotatable bonds is 3. The number of nitrogens with zero attached hydrogens (tertiary/aromatic N) is 3. The lowest BCUT2D eigenvalue weighted by atomic mass is 10.1. The third-order valence-corrected chi connectivity index (χ3v) is 4.10. The first-order valence-electron chi connectivity index (χ1n) is 7.74. The van der Waals surface area contributed by atoms with Gasteiger partial charge in [0.15, 0.2) is 5.78 Å². The molecule has 1 aromatic heterocycles. The van der Waals surface area contributed by atoms with Gasteiger partial charge in [0.2, 0.25) is 0 Å². The minimum absolute atomic E-state index is 0.0438. The molecule has 1 amide bonds. The Morgan fingerprint density at radius 1 is 1.08 bits per heavy atom. The Balaban J connectivity index is 1.64. The Morgan fingerprint density at radius 2 is 1.75 bits per heavy atom. The molecule has 7 heteroatoms. The van der Waals surface area contributed by atoms with E-state index in [2.05, 4.69) is 14.9 Å². The monoisotopic (exact) mass is 326 g/mol. The molecule has 1 N–H and O–H groups in total. The van der Waals surface area contributed by atoms with E-state index in [0.29, 0.717) is 31.7 Å². The van der Waals surface area contributed by atoms with Crippen molar-refractivity contribution in [2.24, 2.45) is 0 Å². The predicted octanol–water partition coefficient (Wildman–Crippen LogP) is 0.935. The zero-order chi connectivity index (χ0) is 17.1. The maximum atomic E-state index is 12.4. The van der Waals surface area contributed by atoms with E-state index < -0.39 is 0 Å². The van der Waals surface area contributed by atoms with E-state index in [1.165, 1.54) is 12.4 Å². The first-order chi connectivity index (χ1) is 11.5. The molecular weight excluding hydrogens is 308 g/mol. The fourth-order valence-electron chi connectivity index (χ4n) is 2.72. The Bertz CT molecular complexity index is 805. The standard InChI is InChI=1S/C17H18N4O3/c1-12(22)13-2-4-14(5-3-13)20-6-8-21(9-7-20)17(24)15-10-16(23)19-11-18-15/h2-5,10-11H,6-9H2,1H3,(H,18,19,23). The smallest absolute Gasteiger partial charge is 0.272 e. The van der Waals surface area contributed by atoms with E-state index in [1.807, 2.05) is 24.3 Å². The van der Waals surface area contributed by atoms with E-state index in [1.54, 1.807) is 11.8 Å². The number of hydrogen-bond donors (Lipinski definition) is 1. The topological polar surface area (TPSA) is 86.4 Å². The van der Waals surface area contributed by atoms with Gasteiger partial charge in [0.05, 0.1) is 6.33 Å². The third-order valence-electron chi connectivity index (χ3n) is 4.10. The number of aromatic nitrogens is 2. The summed E-state index contributed by atoms with van der Waals surface area (Å²) in [4.78, 5) is 45.2. The van der Waals surface area contributed by atoms with Crippen LogP contribution in [0.25, 0.3) is 0 Å². The molecule has 3 rings (SSSR count). The van der Waals surface area contributed by atoms with Crippen LogP contribution >= 0.6 is 0 Å². The minimum atomic E-state index is -0.336. The molecule has 0 spiro atoms. The van der Waals surface area contributed by atoms with Crippen molar-refractivity contribution in [1.29, 1.82) is 0 Å². The number of carbonyl (C=O) groups is 2. The minimum Gasteiger partial charge on any atom is -0.368 e. The summed E-state index contributed by atoms with van der Waals surface area (Å²) in [6, 6.07) is 8.69. The Kier molecular flexibility index (Phi) is 4.41. The first kappa shape index (κ1) is 15.9. The molecule has 2 heterocycles. The number of H-pyrrole nitrogens is 1. The van der Waals surface area contributed by atoms with Gasteiger partial charge in [-0.05, 0) is 31.2 Å². The highest BCUT2D eigenvalue weighted by Crippen LogP contribution is 2.18. The van der Waals surface area contributed by atoms with Gasteiger partial charge in [-0.15, -0.1) is 0 Å². The number of nitrogens with one attached hydrogen (secondary N) is 1. The summed E-state index contributed by atoms with van der Waals surface area (Å²) < 4.78 is 0. The summed E-state index contributed by atoms with van der Waals surface area (Å²) in [5.41, 5.74) is 1.55. The number of piperazine rings is 1. The van der Waals surface area contributed by atoms with Gasteiger partial charge >= 0.3 is 0 Å². The number of aromatic amines is 1. The van der Waals surface area contributed by atoms with Crippen LogP contribution in [0.2, 0.25) is 0 Å². The number of hydrogen-bond acceptors (Lipinski definition) is 5. The van der Waals surface area contributed by atoms with E-state index in [9.17, 15) is 14.4 Å². The Labute approximate surface area is 138 Å². The van der Waals surface area contributed by atoms with Crippen LogP contribution in [0.1, 0.15) is 27.8 Å². The summed E-state index contributed by atoms with van der Waals surface area (Å²) in [5.74, 6) is -0.185. The molecule has 0 aliphatic carbocycles. The largest absolute Gasteiger partial charge is 0.368 e. The van der Waals surface area contributed by atoms with Crippen LogP contribution in [0, 0.1) is 0 Å². The van der Waals surface area contributed by atoms with E-state index in [-0.39, 0.29) is 22.9 Å². The molecule has 1 aliphatic rings. The molecule has 1 saturated heterocycles. The van der Waals surface area contributed by atoms with Crippen LogP contribution in [0.5, 0.6) is 0 Å². The molecule has 0 atom stereocenters. The van der Waals surface area contributed by atoms with Crippen LogP contribution < -0.4 is 10.5 Å². The van der Waals surface area contributed by atoms with E-state index in [0.717, 1.165) is 5.69 Å². The number of amides is 1. The maximum absolute atomic E-state index is 12.4. The van der Waals surface area contributed by atoms with Crippen LogP contribution in [0.4, 0.5) is 5.69 Å². The van der Waals surface area contributed by atoms with E-state index in [4.69, 9.17) is 0 Å². The number of Topliss-reactive ketones (excluding diaryl/α,β-unsaturated/α-hetero) is 1. The van der Waals surface area contributed by atoms with Gasteiger partial charge in [-0.1, -0.05) is 0 Å². The third kappa shape index (κ3) is 3.34. The molecular formula is C17H18N4O3. The van der Waals surface area contributed by atoms with Crippen LogP contribution in [0.15, 0.2) is 41.5 Å². The van der Waals surface area contributed by atoms with Crippen molar-refractivity contribution in [1.82, 2.24) is 14.9 Å². The molecule has 0 radical (unpaired) electrons. The van der Waals surface area contributed by atoms with Crippen molar-refractivity contribution in [3.05, 3.63) is 58.3 Å². The zero-order valence-corrected chi connectivity index (χ0v) is 13.4. The first-order valence-corrected chi connectivity index (χ1v) is 7.74. The summed E-state index contributed by atoms with van der Waals surface area (Å²) in [6.07, 6.45) is 1.24. The number of carbonyl (C=O) groups excluding carboxylic acids is 2. The number of benzene rings is 1. The molecule has 7 nitrogen and oxygen atoms in total. The predicted molar refractivity (Wildman–Crippen MR) is 89.4 cm³/mol. The highest BCUT2D eigenvalue weighted by atomic mass is 16.2. The zero-order valence-electron chi connectivity index (χ0n) is 13.4. The number of anilines is 1. The molecule has 0 saturated carbocycles. The van der Waals surface area contributed by atoms with Crippen molar-refractivity contribution in [2.45, 2.75) is 6.92 Å². The lowest BCUT2D eigenvalue weighted by molar-refractivity contribution is 0.0740. The Hall–Kier alpha value is -2.96. The van der Waals surface area contributed by atoms with Crippen molar-refractivity contribution < 1.29 is 9.59 Å². The van der Waals surface area contributed by atoms with Crippen molar-refractivity contribution in [2.75, 3.05) is 31.1 Å². The lowest BCUT2D eigenvalue weighted by Crippen LogP contribution is -2.49. The van der Waals surface area contributed by atoms with Gasteiger partial charge in [-0.3, -0.25) is 14.4 Å². The second-order valence-electron chi connectivity index (χ2n) is 5.68. The normalized spacial score (nSPS) is 14.5. The lowest BCUT2D eigenvalue weighted by Gasteiger charge is -2.36. The van der Waals surface area contributed by atoms with Gasteiger partial charge in [-0.25, -0.2) is 4.98 Å². The van der Waals surface area contributed by atoms with E-state index >= 15 is 0 Å². The Morgan fingerprint density at radius 3 is 2.33 bits per heavy atom. The van der Waals surface area contributed by atoms with Crippen molar-refractivity contribution in [3.63, 3.8) is 0 Å². The fourth-order valence-corrected chi connectivity index (χ4v) is 2.72. The summed E-state index contributed by atoms with van der Waals surface area (Å²) in [6.45, 7) is 4.04. The average Bonchev–Trinajstić information content (AvgIpc) is 2.61. The van der Waals surface area contributed by atoms with Crippen LogP contribution in [-0.2, 0) is 0 Å². The molecule has 0 bridgehead atoms. The molecule has 1 fully saturated rings. The summed E-state index contributed by atoms with van der Waals surface area (Å²) in [5, 5.41) is 0. The van der Waals surface area contributed by atoms with Gasteiger partial charge in [0.1, 0.15) is 5.69 Å². The molecule has 124 valence electrons. The molecule has 0 unspecified atom stereocenters. The van der Waals surface area contributed by atoms with Crippen LogP contribution in [0.3, 0.4) is 0 Å². The average molecular weight is 326 g/mol. The summed E-state index contributed by atoms with van der Waals surface area (Å²) >= 11 is 0. The second kappa shape index (κ2) is 6.66. The second-order valence-corrected chi connectivity index (χ2v) is 5.68. The fraction of sp³-hybridized carbons (Fsp3) is 0.294. The highest BCUT2D eigenvalue weighted by molar-refractivity contribution is 5.94. The van der Waals surface area contributed by atoms with Gasteiger partial charge in [-0.2, -0.15) is 0 Å². The SMILES string of the molecule is CC(=O)c1ccc(N2CCN(C(=O)c3cc(=O)[nH]cn3)CC2)cc1. The van der Waals surface area contributed by atoms with Gasteiger partial charge < -0.3 is 14.8 Å². The molecule has 2 aromatic rings. The molecule has 24 heavy (non-hydrogen) atoms. The van der Waals surface area contributed by atoms with Crippen molar-refractivity contribution in [3.8, 4) is 0 Å². The molecule has 1 aromatic carbocycles. The van der Waals surface area contributed by atoms with Gasteiger partial charge in [0, 0.05) is 43.5 Å². The van der Waals surface area contributed by atoms with Crippen LogP contribution in [-0.4, -0.2) is 52.7 Å². The van der Waals surface area contributed by atoms with Gasteiger partial charge in [0.25, 0.3) is 11.5 Å². The summed E-state index contributed by atoms with van der Waals surface area (Å²) in [7, 11) is 0. The maximum Gasteiger partial charge on any atom is 0.272 e.